The second kappa shape index (κ2) is 5.04. The number of hydrogen-bond donors (Lipinski definition) is 3. The molecule has 3 N–H and O–H groups in total. The van der Waals surface area contributed by atoms with Crippen LogP contribution in [-0.4, -0.2) is 43.9 Å². The van der Waals surface area contributed by atoms with E-state index in [2.05, 4.69) is 0 Å². The van der Waals surface area contributed by atoms with Crippen molar-refractivity contribution in [2.75, 3.05) is 0 Å². The maximum Gasteiger partial charge on any atom is 0.193 e. The van der Waals surface area contributed by atoms with E-state index in [-0.39, 0.29) is 18.8 Å². The average molecular weight is 364 g/mol. The fraction of sp³-hybridized carbons (Fsp3) is 0.750. The van der Waals surface area contributed by atoms with Crippen LogP contribution in [0, 0.1) is 28.6 Å². The molecule has 3 aliphatic carbocycles. The first kappa shape index (κ1) is 19.2. The van der Waals surface area contributed by atoms with Gasteiger partial charge in [0, 0.05) is 12.3 Å². The molecular weight excluding hydrogens is 336 g/mol. The zero-order valence-electron chi connectivity index (χ0n) is 16.2. The molecule has 0 aromatic carbocycles. The third kappa shape index (κ3) is 1.87. The van der Waals surface area contributed by atoms with Crippen LogP contribution in [0.15, 0.2) is 11.3 Å². The summed E-state index contributed by atoms with van der Waals surface area (Å²) in [5, 5.41) is 32.7. The number of carbonyl (C=O) groups excluding carboxylic acids is 3. The van der Waals surface area contributed by atoms with Gasteiger partial charge in [-0.05, 0) is 37.5 Å². The Morgan fingerprint density at radius 3 is 2.23 bits per heavy atom. The van der Waals surface area contributed by atoms with Gasteiger partial charge in [-0.3, -0.25) is 14.4 Å². The van der Waals surface area contributed by atoms with Gasteiger partial charge in [-0.15, -0.1) is 0 Å². The zero-order valence-corrected chi connectivity index (χ0v) is 16.2. The molecule has 0 saturated heterocycles. The Labute approximate surface area is 153 Å². The lowest BCUT2D eigenvalue weighted by molar-refractivity contribution is -0.149. The number of Topliss-reactive ketones (excluding diaryl/α,β-unsaturated/α-hetero) is 3. The van der Waals surface area contributed by atoms with Crippen molar-refractivity contribution in [3.05, 3.63) is 11.3 Å². The van der Waals surface area contributed by atoms with E-state index < -0.39 is 62.5 Å². The Hall–Kier alpha value is -1.53. The van der Waals surface area contributed by atoms with Gasteiger partial charge in [0.05, 0.1) is 11.0 Å². The Morgan fingerprint density at radius 2 is 1.77 bits per heavy atom. The molecule has 0 heterocycles. The average Bonchev–Trinajstić information content (AvgIpc) is 2.94. The topological polar surface area (TPSA) is 112 Å². The molecule has 2 fully saturated rings. The highest BCUT2D eigenvalue weighted by molar-refractivity contribution is 6.29. The molecule has 6 heteroatoms. The van der Waals surface area contributed by atoms with Gasteiger partial charge in [0.1, 0.15) is 11.3 Å². The minimum atomic E-state index is -2.37. The quantitative estimate of drug-likeness (QED) is 0.658. The van der Waals surface area contributed by atoms with Crippen molar-refractivity contribution in [2.45, 2.75) is 65.6 Å². The Bertz CT molecular complexity index is 753. The van der Waals surface area contributed by atoms with Crippen molar-refractivity contribution >= 4 is 17.3 Å². The van der Waals surface area contributed by atoms with Crippen molar-refractivity contribution in [3.8, 4) is 0 Å². The van der Waals surface area contributed by atoms with Gasteiger partial charge < -0.3 is 15.3 Å². The first-order chi connectivity index (χ1) is 11.6. The van der Waals surface area contributed by atoms with Crippen LogP contribution in [0.25, 0.3) is 0 Å². The Morgan fingerprint density at radius 1 is 1.23 bits per heavy atom. The van der Waals surface area contributed by atoms with Gasteiger partial charge in [0.25, 0.3) is 0 Å². The lowest BCUT2D eigenvalue weighted by Gasteiger charge is -2.39. The molecule has 26 heavy (non-hydrogen) atoms. The fourth-order valence-electron chi connectivity index (χ4n) is 5.97. The highest BCUT2D eigenvalue weighted by atomic mass is 16.4. The monoisotopic (exact) mass is 364 g/mol. The molecule has 0 aromatic heterocycles. The zero-order chi connectivity index (χ0) is 20.0. The van der Waals surface area contributed by atoms with Crippen LogP contribution in [-0.2, 0) is 14.4 Å². The summed E-state index contributed by atoms with van der Waals surface area (Å²) in [5.74, 6) is -4.13. The van der Waals surface area contributed by atoms with E-state index in [1.165, 1.54) is 0 Å². The van der Waals surface area contributed by atoms with Crippen molar-refractivity contribution in [1.82, 2.24) is 0 Å². The van der Waals surface area contributed by atoms with Gasteiger partial charge in [-0.2, -0.15) is 0 Å². The van der Waals surface area contributed by atoms with Gasteiger partial charge in [0.15, 0.2) is 23.0 Å². The summed E-state index contributed by atoms with van der Waals surface area (Å²) >= 11 is 0. The predicted octanol–water partition coefficient (Wildman–Crippen LogP) is 1.73. The van der Waals surface area contributed by atoms with Gasteiger partial charge in [0.2, 0.25) is 0 Å². The van der Waals surface area contributed by atoms with Crippen LogP contribution >= 0.6 is 0 Å². The first-order valence-electron chi connectivity index (χ1n) is 9.15. The molecule has 0 aromatic rings. The Balaban J connectivity index is 2.25. The summed E-state index contributed by atoms with van der Waals surface area (Å²) in [6.07, 6.45) is -0.0107. The standard InChI is InChI=1S/C20H28O6/c1-9(2)14(22)13-15(23)19-8-11(18(5,6)25)17(3,4)10(19)7-12(21)20(19,26)16(13)24/h9-11,24-26H,7-8H2,1-6H3/t10-,11?,19?,20?/m0/s1. The van der Waals surface area contributed by atoms with Gasteiger partial charge in [-0.25, -0.2) is 0 Å². The summed E-state index contributed by atoms with van der Waals surface area (Å²) in [4.78, 5) is 38.7. The van der Waals surface area contributed by atoms with E-state index in [1.54, 1.807) is 27.7 Å². The van der Waals surface area contributed by atoms with Crippen molar-refractivity contribution in [3.63, 3.8) is 0 Å². The lowest BCUT2D eigenvalue weighted by Crippen LogP contribution is -2.51. The minimum absolute atomic E-state index is 0.0498. The maximum atomic E-state index is 13.4. The molecule has 0 radical (unpaired) electrons. The SMILES string of the molecule is CC(C)C(=O)C1=C(O)C2(O)C(=O)C[C@H]3C(C)(C)C(C(C)(C)O)CC32C1=O. The molecule has 2 saturated carbocycles. The second-order valence-electron chi connectivity index (χ2n) is 9.67. The molecule has 6 nitrogen and oxygen atoms in total. The molecule has 144 valence electrons. The van der Waals surface area contributed by atoms with Crippen LogP contribution < -0.4 is 0 Å². The highest BCUT2D eigenvalue weighted by Gasteiger charge is 2.82. The van der Waals surface area contributed by atoms with Crippen LogP contribution in [0.4, 0.5) is 0 Å². The first-order valence-corrected chi connectivity index (χ1v) is 9.15. The third-order valence-electron chi connectivity index (χ3n) is 7.19. The van der Waals surface area contributed by atoms with E-state index in [0.29, 0.717) is 0 Å². The van der Waals surface area contributed by atoms with E-state index in [1.807, 2.05) is 13.8 Å². The largest absolute Gasteiger partial charge is 0.508 e. The fourth-order valence-corrected chi connectivity index (χ4v) is 5.97. The molecule has 3 unspecified atom stereocenters. The van der Waals surface area contributed by atoms with E-state index in [0.717, 1.165) is 0 Å². The molecule has 4 atom stereocenters. The number of aliphatic hydroxyl groups excluding tert-OH is 1. The normalized spacial score (nSPS) is 39.0. The van der Waals surface area contributed by atoms with E-state index >= 15 is 0 Å². The van der Waals surface area contributed by atoms with Crippen LogP contribution in [0.5, 0.6) is 0 Å². The summed E-state index contributed by atoms with van der Waals surface area (Å²) in [6, 6.07) is 0. The summed E-state index contributed by atoms with van der Waals surface area (Å²) in [6.45, 7) is 10.2. The third-order valence-corrected chi connectivity index (χ3v) is 7.19. The van der Waals surface area contributed by atoms with Crippen molar-refractivity contribution < 1.29 is 29.7 Å². The number of carbonyl (C=O) groups is 3. The molecule has 3 rings (SSSR count). The molecule has 3 aliphatic rings. The summed E-state index contributed by atoms with van der Waals surface area (Å²) in [5.41, 5.74) is -6.17. The molecule has 0 bridgehead atoms. The summed E-state index contributed by atoms with van der Waals surface area (Å²) in [7, 11) is 0. The number of rotatable bonds is 3. The highest BCUT2D eigenvalue weighted by Crippen LogP contribution is 2.72. The number of aliphatic hydroxyl groups is 3. The van der Waals surface area contributed by atoms with Crippen LogP contribution in [0.2, 0.25) is 0 Å². The van der Waals surface area contributed by atoms with Gasteiger partial charge >= 0.3 is 0 Å². The number of ketones is 3. The van der Waals surface area contributed by atoms with Crippen molar-refractivity contribution in [2.24, 2.45) is 28.6 Å². The van der Waals surface area contributed by atoms with Crippen LogP contribution in [0.1, 0.15) is 54.4 Å². The predicted molar refractivity (Wildman–Crippen MR) is 93.2 cm³/mol. The Kier molecular flexibility index (Phi) is 3.73. The molecule has 1 spiro atoms. The van der Waals surface area contributed by atoms with Crippen molar-refractivity contribution in [1.29, 1.82) is 0 Å². The minimum Gasteiger partial charge on any atom is -0.508 e. The van der Waals surface area contributed by atoms with E-state index in [4.69, 9.17) is 0 Å². The maximum absolute atomic E-state index is 13.4. The molecule has 0 aliphatic heterocycles. The smallest absolute Gasteiger partial charge is 0.193 e. The lowest BCUT2D eigenvalue weighted by atomic mass is 9.66. The number of allylic oxidation sites excluding steroid dienone is 1. The number of hydrogen-bond acceptors (Lipinski definition) is 6. The van der Waals surface area contributed by atoms with Gasteiger partial charge in [-0.1, -0.05) is 27.7 Å². The van der Waals surface area contributed by atoms with Crippen LogP contribution in [0.3, 0.4) is 0 Å². The van der Waals surface area contributed by atoms with E-state index in [9.17, 15) is 29.7 Å². The molecular formula is C20H28O6. The second-order valence-corrected chi connectivity index (χ2v) is 9.67. The molecule has 0 amide bonds. The summed E-state index contributed by atoms with van der Waals surface area (Å²) < 4.78 is 0.